The summed E-state index contributed by atoms with van der Waals surface area (Å²) in [7, 11) is 0. The van der Waals surface area contributed by atoms with Gasteiger partial charge >= 0.3 is 0 Å². The number of halogens is 2. The molecule has 0 bridgehead atoms. The highest BCUT2D eigenvalue weighted by atomic mass is 19.1. The molecular weight excluding hydrogens is 232 g/mol. The quantitative estimate of drug-likeness (QED) is 0.863. The van der Waals surface area contributed by atoms with Gasteiger partial charge in [-0.3, -0.25) is 0 Å². The van der Waals surface area contributed by atoms with Crippen LogP contribution in [0, 0.1) is 11.6 Å². The van der Waals surface area contributed by atoms with Crippen LogP contribution >= 0.6 is 0 Å². The van der Waals surface area contributed by atoms with Gasteiger partial charge in [-0.1, -0.05) is 25.8 Å². The van der Waals surface area contributed by atoms with Gasteiger partial charge in [0.2, 0.25) is 0 Å². The maximum Gasteiger partial charge on any atom is 0.129 e. The summed E-state index contributed by atoms with van der Waals surface area (Å²) in [6.45, 7) is 3.04. The Kier molecular flexibility index (Phi) is 4.33. The average molecular weight is 253 g/mol. The molecule has 0 radical (unpaired) electrons. The van der Waals surface area contributed by atoms with Gasteiger partial charge in [-0.2, -0.15) is 0 Å². The van der Waals surface area contributed by atoms with E-state index in [2.05, 4.69) is 12.2 Å². The SMILES string of the molecule is CCC1(Cc2c(F)cccc2F)CCCCCN1. The van der Waals surface area contributed by atoms with Crippen LogP contribution in [0.1, 0.15) is 44.6 Å². The van der Waals surface area contributed by atoms with Gasteiger partial charge in [0.15, 0.2) is 0 Å². The van der Waals surface area contributed by atoms with E-state index in [1.807, 2.05) is 0 Å². The molecule has 0 amide bonds. The highest BCUT2D eigenvalue weighted by Crippen LogP contribution is 2.28. The molecule has 18 heavy (non-hydrogen) atoms. The van der Waals surface area contributed by atoms with Crippen LogP contribution in [0.3, 0.4) is 0 Å². The van der Waals surface area contributed by atoms with E-state index >= 15 is 0 Å². The van der Waals surface area contributed by atoms with E-state index < -0.39 is 11.6 Å². The van der Waals surface area contributed by atoms with Crippen molar-refractivity contribution in [3.8, 4) is 0 Å². The molecule has 1 aliphatic rings. The van der Waals surface area contributed by atoms with Gasteiger partial charge in [0, 0.05) is 11.1 Å². The molecule has 1 fully saturated rings. The fourth-order valence-corrected chi connectivity index (χ4v) is 2.82. The minimum atomic E-state index is -0.422. The fraction of sp³-hybridized carbons (Fsp3) is 0.600. The van der Waals surface area contributed by atoms with E-state index in [-0.39, 0.29) is 11.1 Å². The van der Waals surface area contributed by atoms with Gasteiger partial charge in [0.05, 0.1) is 0 Å². The average Bonchev–Trinajstić information content (AvgIpc) is 2.60. The van der Waals surface area contributed by atoms with Crippen molar-refractivity contribution in [2.45, 2.75) is 51.0 Å². The van der Waals surface area contributed by atoms with Crippen molar-refractivity contribution in [1.29, 1.82) is 0 Å². The monoisotopic (exact) mass is 253 g/mol. The maximum absolute atomic E-state index is 13.7. The largest absolute Gasteiger partial charge is 0.311 e. The van der Waals surface area contributed by atoms with Crippen LogP contribution in [0.15, 0.2) is 18.2 Å². The van der Waals surface area contributed by atoms with Crippen molar-refractivity contribution in [3.63, 3.8) is 0 Å². The zero-order valence-corrected chi connectivity index (χ0v) is 10.9. The molecule has 1 atom stereocenters. The first-order chi connectivity index (χ1) is 8.67. The summed E-state index contributed by atoms with van der Waals surface area (Å²) in [4.78, 5) is 0. The smallest absolute Gasteiger partial charge is 0.129 e. The van der Waals surface area contributed by atoms with Gasteiger partial charge < -0.3 is 5.32 Å². The maximum atomic E-state index is 13.7. The summed E-state index contributed by atoms with van der Waals surface area (Å²) in [6, 6.07) is 4.12. The molecule has 2 rings (SSSR count). The Morgan fingerprint density at radius 3 is 2.56 bits per heavy atom. The molecule has 0 spiro atoms. The third-order valence-corrected chi connectivity index (χ3v) is 4.09. The normalized spacial score (nSPS) is 24.8. The van der Waals surface area contributed by atoms with E-state index in [1.54, 1.807) is 0 Å². The van der Waals surface area contributed by atoms with Crippen LogP contribution in [0.2, 0.25) is 0 Å². The summed E-state index contributed by atoms with van der Waals surface area (Å²) >= 11 is 0. The Labute approximate surface area is 108 Å². The lowest BCUT2D eigenvalue weighted by Gasteiger charge is -2.33. The summed E-state index contributed by atoms with van der Waals surface area (Å²) in [5, 5.41) is 3.51. The highest BCUT2D eigenvalue weighted by molar-refractivity contribution is 5.22. The number of benzene rings is 1. The molecule has 1 nitrogen and oxygen atoms in total. The van der Waals surface area contributed by atoms with E-state index in [1.165, 1.54) is 24.6 Å². The minimum Gasteiger partial charge on any atom is -0.311 e. The van der Waals surface area contributed by atoms with Crippen LogP contribution in [0.25, 0.3) is 0 Å². The second-order valence-electron chi connectivity index (χ2n) is 5.25. The van der Waals surface area contributed by atoms with Crippen molar-refractivity contribution in [1.82, 2.24) is 5.32 Å². The van der Waals surface area contributed by atoms with E-state index in [0.717, 1.165) is 32.2 Å². The van der Waals surface area contributed by atoms with Crippen molar-refractivity contribution < 1.29 is 8.78 Å². The minimum absolute atomic E-state index is 0.139. The Hall–Kier alpha value is -0.960. The van der Waals surface area contributed by atoms with Gasteiger partial charge in [-0.25, -0.2) is 8.78 Å². The molecule has 1 N–H and O–H groups in total. The summed E-state index contributed by atoms with van der Waals surface area (Å²) in [5.74, 6) is -0.845. The topological polar surface area (TPSA) is 12.0 Å². The predicted octanol–water partition coefficient (Wildman–Crippen LogP) is 3.82. The fourth-order valence-electron chi connectivity index (χ4n) is 2.82. The zero-order chi connectivity index (χ0) is 13.0. The molecule has 0 aliphatic carbocycles. The van der Waals surface area contributed by atoms with Crippen LogP contribution < -0.4 is 5.32 Å². The summed E-state index contributed by atoms with van der Waals surface area (Å²) < 4.78 is 27.5. The van der Waals surface area contributed by atoms with E-state index in [4.69, 9.17) is 0 Å². The predicted molar refractivity (Wildman–Crippen MR) is 69.6 cm³/mol. The van der Waals surface area contributed by atoms with Gasteiger partial charge in [0.1, 0.15) is 11.6 Å². The molecule has 1 aromatic carbocycles. The molecule has 100 valence electrons. The van der Waals surface area contributed by atoms with Crippen LogP contribution in [0.4, 0.5) is 8.78 Å². The molecule has 1 heterocycles. The van der Waals surface area contributed by atoms with E-state index in [0.29, 0.717) is 6.42 Å². The molecule has 1 aromatic rings. The Morgan fingerprint density at radius 1 is 1.17 bits per heavy atom. The third kappa shape index (κ3) is 2.89. The lowest BCUT2D eigenvalue weighted by molar-refractivity contribution is 0.295. The second-order valence-corrected chi connectivity index (χ2v) is 5.25. The Morgan fingerprint density at radius 2 is 1.89 bits per heavy atom. The zero-order valence-electron chi connectivity index (χ0n) is 10.9. The molecule has 1 unspecified atom stereocenters. The van der Waals surface area contributed by atoms with Gasteiger partial charge in [0.25, 0.3) is 0 Å². The molecule has 1 aliphatic heterocycles. The van der Waals surface area contributed by atoms with Crippen LogP contribution in [0.5, 0.6) is 0 Å². The first kappa shape index (κ1) is 13.5. The first-order valence-corrected chi connectivity index (χ1v) is 6.85. The Bertz CT molecular complexity index is 375. The third-order valence-electron chi connectivity index (χ3n) is 4.09. The Balaban J connectivity index is 2.23. The molecule has 3 heteroatoms. The van der Waals surface area contributed by atoms with Crippen molar-refractivity contribution in [2.24, 2.45) is 0 Å². The van der Waals surface area contributed by atoms with Crippen LogP contribution in [-0.2, 0) is 6.42 Å². The second kappa shape index (κ2) is 5.79. The highest BCUT2D eigenvalue weighted by Gasteiger charge is 2.30. The van der Waals surface area contributed by atoms with E-state index in [9.17, 15) is 8.78 Å². The van der Waals surface area contributed by atoms with Crippen molar-refractivity contribution >= 4 is 0 Å². The summed E-state index contributed by atoms with van der Waals surface area (Å²) in [6.07, 6.45) is 5.84. The van der Waals surface area contributed by atoms with Crippen molar-refractivity contribution in [3.05, 3.63) is 35.4 Å². The standard InChI is InChI=1S/C15H21F2N/c1-2-15(9-4-3-5-10-18-15)11-12-13(16)7-6-8-14(12)17/h6-8,18H,2-5,9-11H2,1H3. The van der Waals surface area contributed by atoms with Crippen molar-refractivity contribution in [2.75, 3.05) is 6.54 Å². The van der Waals surface area contributed by atoms with Gasteiger partial charge in [-0.05, 0) is 44.4 Å². The molecule has 0 saturated carbocycles. The lowest BCUT2D eigenvalue weighted by Crippen LogP contribution is -2.46. The molecule has 1 saturated heterocycles. The number of nitrogens with one attached hydrogen (secondary N) is 1. The lowest BCUT2D eigenvalue weighted by atomic mass is 9.84. The first-order valence-electron chi connectivity index (χ1n) is 6.85. The number of hydrogen-bond acceptors (Lipinski definition) is 1. The summed E-state index contributed by atoms with van der Waals surface area (Å²) in [5.41, 5.74) is 0.0910. The van der Waals surface area contributed by atoms with Gasteiger partial charge in [-0.15, -0.1) is 0 Å². The van der Waals surface area contributed by atoms with Crippen LogP contribution in [-0.4, -0.2) is 12.1 Å². The molecular formula is C15H21F2N. The number of hydrogen-bond donors (Lipinski definition) is 1. The number of rotatable bonds is 3. The molecule has 0 aromatic heterocycles.